The Hall–Kier alpha value is -2.33. The van der Waals surface area contributed by atoms with E-state index in [0.29, 0.717) is 24.5 Å². The van der Waals surface area contributed by atoms with Crippen LogP contribution >= 0.6 is 0 Å². The van der Waals surface area contributed by atoms with Crippen molar-refractivity contribution in [3.05, 3.63) is 65.2 Å². The number of aryl methyl sites for hydroxylation is 1. The number of amides is 1. The molecule has 122 valence electrons. The minimum Gasteiger partial charge on any atom is -0.491 e. The molecule has 0 aliphatic heterocycles. The van der Waals surface area contributed by atoms with Gasteiger partial charge in [0, 0.05) is 13.1 Å². The zero-order chi connectivity index (χ0) is 16.7. The highest BCUT2D eigenvalue weighted by Crippen LogP contribution is 2.18. The van der Waals surface area contributed by atoms with E-state index in [1.807, 2.05) is 68.4 Å². The molecule has 0 bridgehead atoms. The molecule has 0 unspecified atom stereocenters. The average Bonchev–Trinajstić information content (AvgIpc) is 2.54. The molecule has 0 saturated carbocycles. The van der Waals surface area contributed by atoms with Crippen molar-refractivity contribution >= 4 is 5.91 Å². The molecule has 0 radical (unpaired) electrons. The molecule has 4 heteroatoms. The van der Waals surface area contributed by atoms with Crippen molar-refractivity contribution in [2.45, 2.75) is 13.5 Å². The van der Waals surface area contributed by atoms with Gasteiger partial charge in [0.25, 0.3) is 5.91 Å². The molecule has 0 aromatic heterocycles. The number of nitrogens with zero attached hydrogens (tertiary/aromatic N) is 1. The Kier molecular flexibility index (Phi) is 6.18. The number of para-hydroxylation sites is 1. The quantitative estimate of drug-likeness (QED) is 0.855. The van der Waals surface area contributed by atoms with Gasteiger partial charge in [-0.05, 0) is 44.3 Å². The minimum absolute atomic E-state index is 0.117. The molecule has 2 aromatic carbocycles. The van der Waals surface area contributed by atoms with Crippen LogP contribution in [0.3, 0.4) is 0 Å². The zero-order valence-electron chi connectivity index (χ0n) is 14.0. The summed E-state index contributed by atoms with van der Waals surface area (Å²) < 4.78 is 5.74. The fourth-order valence-corrected chi connectivity index (χ4v) is 2.20. The first-order valence-electron chi connectivity index (χ1n) is 7.77. The van der Waals surface area contributed by atoms with E-state index in [-0.39, 0.29) is 5.91 Å². The number of carbonyl (C=O) groups is 1. The van der Waals surface area contributed by atoms with Crippen LogP contribution in [0.15, 0.2) is 48.5 Å². The van der Waals surface area contributed by atoms with Gasteiger partial charge >= 0.3 is 0 Å². The van der Waals surface area contributed by atoms with Crippen LogP contribution in [0.5, 0.6) is 5.75 Å². The lowest BCUT2D eigenvalue weighted by Gasteiger charge is -2.14. The van der Waals surface area contributed by atoms with Crippen molar-refractivity contribution in [2.24, 2.45) is 0 Å². The molecule has 0 atom stereocenters. The van der Waals surface area contributed by atoms with Gasteiger partial charge < -0.3 is 15.0 Å². The first-order chi connectivity index (χ1) is 11.1. The smallest absolute Gasteiger partial charge is 0.255 e. The Labute approximate surface area is 138 Å². The van der Waals surface area contributed by atoms with Gasteiger partial charge in [0.15, 0.2) is 0 Å². The first kappa shape index (κ1) is 17.0. The van der Waals surface area contributed by atoms with Crippen molar-refractivity contribution in [3.63, 3.8) is 0 Å². The second kappa shape index (κ2) is 8.34. The standard InChI is InChI=1S/C19H24N2O2/c1-15-8-4-5-9-16(15)14-20-19(22)17-10-6-7-11-18(17)23-13-12-21(2)3/h4-11H,12-14H2,1-3H3,(H,20,22). The summed E-state index contributed by atoms with van der Waals surface area (Å²) in [4.78, 5) is 14.5. The summed E-state index contributed by atoms with van der Waals surface area (Å²) in [7, 11) is 3.98. The molecule has 0 saturated heterocycles. The summed E-state index contributed by atoms with van der Waals surface area (Å²) in [5, 5.41) is 2.97. The molecule has 23 heavy (non-hydrogen) atoms. The molecule has 1 amide bonds. The Bertz CT molecular complexity index is 653. The Balaban J connectivity index is 2.00. The Morgan fingerprint density at radius 1 is 1.09 bits per heavy atom. The molecular weight excluding hydrogens is 288 g/mol. The second-order valence-electron chi connectivity index (χ2n) is 5.76. The van der Waals surface area contributed by atoms with Gasteiger partial charge in [-0.2, -0.15) is 0 Å². The molecule has 0 fully saturated rings. The maximum Gasteiger partial charge on any atom is 0.255 e. The first-order valence-corrected chi connectivity index (χ1v) is 7.77. The highest BCUT2D eigenvalue weighted by Gasteiger charge is 2.12. The topological polar surface area (TPSA) is 41.6 Å². The number of rotatable bonds is 7. The van der Waals surface area contributed by atoms with Gasteiger partial charge in [0.2, 0.25) is 0 Å². The molecule has 4 nitrogen and oxygen atoms in total. The summed E-state index contributed by atoms with van der Waals surface area (Å²) in [6.45, 7) is 3.91. The van der Waals surface area contributed by atoms with E-state index in [9.17, 15) is 4.79 Å². The maximum atomic E-state index is 12.4. The normalized spacial score (nSPS) is 10.6. The largest absolute Gasteiger partial charge is 0.491 e. The van der Waals surface area contributed by atoms with Gasteiger partial charge in [0.05, 0.1) is 5.56 Å². The third-order valence-electron chi connectivity index (χ3n) is 3.63. The minimum atomic E-state index is -0.117. The molecular formula is C19H24N2O2. The summed E-state index contributed by atoms with van der Waals surface area (Å²) in [5.41, 5.74) is 2.86. The van der Waals surface area contributed by atoms with Crippen LogP contribution in [0.1, 0.15) is 21.5 Å². The third kappa shape index (κ3) is 5.11. The van der Waals surface area contributed by atoms with Crippen molar-refractivity contribution in [1.82, 2.24) is 10.2 Å². The van der Waals surface area contributed by atoms with E-state index >= 15 is 0 Å². The molecule has 0 spiro atoms. The van der Waals surface area contributed by atoms with Crippen LogP contribution in [0.25, 0.3) is 0 Å². The summed E-state index contributed by atoms with van der Waals surface area (Å²) >= 11 is 0. The van der Waals surface area contributed by atoms with Gasteiger partial charge in [-0.1, -0.05) is 36.4 Å². The number of benzene rings is 2. The van der Waals surface area contributed by atoms with Gasteiger partial charge in [-0.25, -0.2) is 0 Å². The van der Waals surface area contributed by atoms with E-state index in [0.717, 1.165) is 12.1 Å². The molecule has 2 rings (SSSR count). The highest BCUT2D eigenvalue weighted by molar-refractivity contribution is 5.96. The van der Waals surface area contributed by atoms with Crippen LogP contribution in [0, 0.1) is 6.92 Å². The molecule has 0 heterocycles. The summed E-state index contributed by atoms with van der Waals surface area (Å²) in [5.74, 6) is 0.505. The van der Waals surface area contributed by atoms with Crippen LogP contribution in [0.4, 0.5) is 0 Å². The predicted octanol–water partition coefficient (Wildman–Crippen LogP) is 2.87. The summed E-state index contributed by atoms with van der Waals surface area (Å²) in [6.07, 6.45) is 0. The molecule has 0 aliphatic carbocycles. The van der Waals surface area contributed by atoms with Crippen molar-refractivity contribution < 1.29 is 9.53 Å². The number of hydrogen-bond acceptors (Lipinski definition) is 3. The van der Waals surface area contributed by atoms with E-state index in [1.165, 1.54) is 5.56 Å². The lowest BCUT2D eigenvalue weighted by Crippen LogP contribution is -2.25. The zero-order valence-corrected chi connectivity index (χ0v) is 14.0. The Morgan fingerprint density at radius 3 is 2.52 bits per heavy atom. The van der Waals surface area contributed by atoms with E-state index in [1.54, 1.807) is 6.07 Å². The SMILES string of the molecule is Cc1ccccc1CNC(=O)c1ccccc1OCCN(C)C. The van der Waals surface area contributed by atoms with Crippen LogP contribution in [-0.4, -0.2) is 38.1 Å². The molecule has 0 aliphatic rings. The average molecular weight is 312 g/mol. The van der Waals surface area contributed by atoms with Crippen LogP contribution in [-0.2, 0) is 6.54 Å². The number of carbonyl (C=O) groups excluding carboxylic acids is 1. The van der Waals surface area contributed by atoms with Gasteiger partial charge in [0.1, 0.15) is 12.4 Å². The number of ether oxygens (including phenoxy) is 1. The van der Waals surface area contributed by atoms with Gasteiger partial charge in [-0.3, -0.25) is 4.79 Å². The van der Waals surface area contributed by atoms with Crippen LogP contribution < -0.4 is 10.1 Å². The number of likely N-dealkylation sites (N-methyl/N-ethyl adjacent to an activating group) is 1. The second-order valence-corrected chi connectivity index (χ2v) is 5.76. The highest BCUT2D eigenvalue weighted by atomic mass is 16.5. The van der Waals surface area contributed by atoms with Gasteiger partial charge in [-0.15, -0.1) is 0 Å². The maximum absolute atomic E-state index is 12.4. The molecule has 2 aromatic rings. The van der Waals surface area contributed by atoms with E-state index in [2.05, 4.69) is 5.32 Å². The van der Waals surface area contributed by atoms with Crippen molar-refractivity contribution in [1.29, 1.82) is 0 Å². The number of hydrogen-bond donors (Lipinski definition) is 1. The molecule has 1 N–H and O–H groups in total. The summed E-state index contributed by atoms with van der Waals surface area (Å²) in [6, 6.07) is 15.4. The Morgan fingerprint density at radius 2 is 1.78 bits per heavy atom. The van der Waals surface area contributed by atoms with Crippen LogP contribution in [0.2, 0.25) is 0 Å². The predicted molar refractivity (Wildman–Crippen MR) is 92.8 cm³/mol. The third-order valence-corrected chi connectivity index (χ3v) is 3.63. The van der Waals surface area contributed by atoms with E-state index < -0.39 is 0 Å². The number of nitrogens with one attached hydrogen (secondary N) is 1. The van der Waals surface area contributed by atoms with Crippen molar-refractivity contribution in [3.8, 4) is 5.75 Å². The monoisotopic (exact) mass is 312 g/mol. The fourth-order valence-electron chi connectivity index (χ4n) is 2.20. The van der Waals surface area contributed by atoms with Crippen molar-refractivity contribution in [2.75, 3.05) is 27.2 Å². The van der Waals surface area contributed by atoms with E-state index in [4.69, 9.17) is 4.74 Å². The lowest BCUT2D eigenvalue weighted by molar-refractivity contribution is 0.0946. The lowest BCUT2D eigenvalue weighted by atomic mass is 10.1. The fraction of sp³-hybridized carbons (Fsp3) is 0.316.